The topological polar surface area (TPSA) is 63.6 Å². The van der Waals surface area contributed by atoms with Gasteiger partial charge in [0.2, 0.25) is 0 Å². The van der Waals surface area contributed by atoms with E-state index >= 15 is 0 Å². The molecule has 2 aliphatic rings. The van der Waals surface area contributed by atoms with Crippen LogP contribution in [0.15, 0.2) is 12.1 Å². The number of carbonyl (C=O) groups excluding carboxylic acids is 1. The molecule has 1 N–H and O–H groups in total. The number of halogens is 1. The van der Waals surface area contributed by atoms with Gasteiger partial charge in [-0.2, -0.15) is 0 Å². The molecular weight excluding hydrogens is 299 g/mol. The van der Waals surface area contributed by atoms with Gasteiger partial charge in [-0.15, -0.1) is 0 Å². The van der Waals surface area contributed by atoms with E-state index in [1.165, 1.54) is 12.1 Å². The van der Waals surface area contributed by atoms with Gasteiger partial charge in [-0.25, -0.2) is 9.18 Å². The number of aromatic carboxylic acids is 1. The minimum atomic E-state index is -1.26. The lowest BCUT2D eigenvalue weighted by Gasteiger charge is -2.33. The Bertz CT molecular complexity index is 639. The monoisotopic (exact) mass is 320 g/mol. The summed E-state index contributed by atoms with van der Waals surface area (Å²) in [5, 5.41) is 9.07. The number of rotatable bonds is 5. The molecule has 0 aliphatic heterocycles. The molecule has 3 rings (SSSR count). The van der Waals surface area contributed by atoms with Crippen LogP contribution in [0.2, 0.25) is 0 Å². The number of hydrogen-bond donors (Lipinski definition) is 1. The van der Waals surface area contributed by atoms with Gasteiger partial charge < -0.3 is 9.84 Å². The molecule has 5 heteroatoms. The zero-order valence-corrected chi connectivity index (χ0v) is 13.2. The molecule has 0 radical (unpaired) electrons. The highest BCUT2D eigenvalue weighted by Crippen LogP contribution is 2.46. The summed E-state index contributed by atoms with van der Waals surface area (Å²) >= 11 is 0. The number of carbonyl (C=O) groups is 2. The summed E-state index contributed by atoms with van der Waals surface area (Å²) < 4.78 is 19.9. The van der Waals surface area contributed by atoms with Gasteiger partial charge >= 0.3 is 5.97 Å². The lowest BCUT2D eigenvalue weighted by atomic mass is 9.76. The van der Waals surface area contributed by atoms with E-state index < -0.39 is 11.8 Å². The second-order valence-electron chi connectivity index (χ2n) is 7.09. The quantitative estimate of drug-likeness (QED) is 0.893. The SMILES string of the molecule is CC1(COc2cc(F)c(C(=O)O)cc2C2CC2)CCC(=O)CC1. The van der Waals surface area contributed by atoms with Crippen LogP contribution in [0.5, 0.6) is 5.75 Å². The summed E-state index contributed by atoms with van der Waals surface area (Å²) in [5.74, 6) is -1.01. The molecule has 1 aromatic rings. The molecular formula is C18H21FO4. The van der Waals surface area contributed by atoms with E-state index in [4.69, 9.17) is 9.84 Å². The Kier molecular flexibility index (Phi) is 4.13. The van der Waals surface area contributed by atoms with Crippen molar-refractivity contribution < 1.29 is 23.8 Å². The Hall–Kier alpha value is -1.91. The lowest BCUT2D eigenvalue weighted by Crippen LogP contribution is -2.30. The van der Waals surface area contributed by atoms with E-state index in [9.17, 15) is 14.0 Å². The fourth-order valence-corrected chi connectivity index (χ4v) is 3.10. The second-order valence-corrected chi connectivity index (χ2v) is 7.09. The van der Waals surface area contributed by atoms with Gasteiger partial charge in [-0.05, 0) is 43.2 Å². The maximum atomic E-state index is 14.0. The van der Waals surface area contributed by atoms with Crippen molar-refractivity contribution in [3.05, 3.63) is 29.1 Å². The molecule has 0 atom stereocenters. The van der Waals surface area contributed by atoms with Crippen LogP contribution >= 0.6 is 0 Å². The standard InChI is InChI=1S/C18H21FO4/c1-18(6-4-12(20)5-7-18)10-23-16-9-15(19)14(17(21)22)8-13(16)11-2-3-11/h8-9,11H,2-7,10H2,1H3,(H,21,22). The third-order valence-corrected chi connectivity index (χ3v) is 4.94. The van der Waals surface area contributed by atoms with Crippen LogP contribution in [0.1, 0.15) is 67.3 Å². The predicted molar refractivity (Wildman–Crippen MR) is 82.4 cm³/mol. The molecule has 1 aromatic carbocycles. The molecule has 2 aliphatic carbocycles. The van der Waals surface area contributed by atoms with Crippen molar-refractivity contribution in [1.29, 1.82) is 0 Å². The van der Waals surface area contributed by atoms with E-state index in [1.807, 2.05) is 0 Å². The van der Waals surface area contributed by atoms with Crippen LogP contribution in [0.25, 0.3) is 0 Å². The highest BCUT2D eigenvalue weighted by atomic mass is 19.1. The first-order chi connectivity index (χ1) is 10.9. The normalized spacial score (nSPS) is 20.3. The Morgan fingerprint density at radius 1 is 1.35 bits per heavy atom. The second kappa shape index (κ2) is 5.95. The van der Waals surface area contributed by atoms with Gasteiger partial charge in [0.05, 0.1) is 12.2 Å². The molecule has 0 amide bonds. The Labute approximate surface area is 134 Å². The van der Waals surface area contributed by atoms with Crippen LogP contribution in [-0.4, -0.2) is 23.5 Å². The highest BCUT2D eigenvalue weighted by molar-refractivity contribution is 5.88. The van der Waals surface area contributed by atoms with Crippen LogP contribution in [0.4, 0.5) is 4.39 Å². The third kappa shape index (κ3) is 3.54. The summed E-state index contributed by atoms with van der Waals surface area (Å²) in [5.41, 5.74) is 0.407. The first-order valence-corrected chi connectivity index (χ1v) is 8.09. The molecule has 4 nitrogen and oxygen atoms in total. The number of carboxylic acids is 1. The van der Waals surface area contributed by atoms with Crippen molar-refractivity contribution in [3.63, 3.8) is 0 Å². The van der Waals surface area contributed by atoms with Crippen LogP contribution < -0.4 is 4.74 Å². The summed E-state index contributed by atoms with van der Waals surface area (Å²) in [6, 6.07) is 2.62. The fraction of sp³-hybridized carbons (Fsp3) is 0.556. The molecule has 2 saturated carbocycles. The molecule has 0 bridgehead atoms. The largest absolute Gasteiger partial charge is 0.493 e. The molecule has 23 heavy (non-hydrogen) atoms. The molecule has 124 valence electrons. The van der Waals surface area contributed by atoms with Gasteiger partial charge in [-0.1, -0.05) is 6.92 Å². The summed E-state index contributed by atoms with van der Waals surface area (Å²) in [6.07, 6.45) is 4.66. The van der Waals surface area contributed by atoms with Crippen molar-refractivity contribution in [2.24, 2.45) is 5.41 Å². The highest BCUT2D eigenvalue weighted by Gasteiger charge is 2.33. The molecule has 0 spiro atoms. The zero-order valence-electron chi connectivity index (χ0n) is 13.2. The predicted octanol–water partition coefficient (Wildman–Crippen LogP) is 3.93. The van der Waals surface area contributed by atoms with E-state index in [0.29, 0.717) is 25.2 Å². The van der Waals surface area contributed by atoms with Gasteiger partial charge in [-0.3, -0.25) is 4.79 Å². The smallest absolute Gasteiger partial charge is 0.338 e. The Morgan fingerprint density at radius 3 is 2.57 bits per heavy atom. The van der Waals surface area contributed by atoms with E-state index in [-0.39, 0.29) is 22.7 Å². The average molecular weight is 320 g/mol. The van der Waals surface area contributed by atoms with Gasteiger partial charge in [0.15, 0.2) is 0 Å². The lowest BCUT2D eigenvalue weighted by molar-refractivity contribution is -0.122. The van der Waals surface area contributed by atoms with Crippen LogP contribution in [0.3, 0.4) is 0 Å². The van der Waals surface area contributed by atoms with Crippen LogP contribution in [-0.2, 0) is 4.79 Å². The summed E-state index contributed by atoms with van der Waals surface area (Å²) in [7, 11) is 0. The Balaban J connectivity index is 1.78. The minimum absolute atomic E-state index is 0.0866. The zero-order chi connectivity index (χ0) is 16.6. The van der Waals surface area contributed by atoms with Crippen molar-refractivity contribution >= 4 is 11.8 Å². The Morgan fingerprint density at radius 2 is 2.00 bits per heavy atom. The fourth-order valence-electron chi connectivity index (χ4n) is 3.10. The number of ether oxygens (including phenoxy) is 1. The first kappa shape index (κ1) is 16.0. The van der Waals surface area contributed by atoms with Crippen molar-refractivity contribution in [2.75, 3.05) is 6.61 Å². The van der Waals surface area contributed by atoms with Crippen molar-refractivity contribution in [3.8, 4) is 5.75 Å². The maximum absolute atomic E-state index is 14.0. The number of benzene rings is 1. The molecule has 0 saturated heterocycles. The number of carboxylic acid groups (broad SMARTS) is 1. The minimum Gasteiger partial charge on any atom is -0.493 e. The summed E-state index contributed by atoms with van der Waals surface area (Å²) in [4.78, 5) is 22.5. The molecule has 0 unspecified atom stereocenters. The molecule has 0 aromatic heterocycles. The van der Waals surface area contributed by atoms with Crippen LogP contribution in [0, 0.1) is 11.2 Å². The first-order valence-electron chi connectivity index (χ1n) is 8.09. The van der Waals surface area contributed by atoms with E-state index in [2.05, 4.69) is 6.92 Å². The number of hydrogen-bond acceptors (Lipinski definition) is 3. The van der Waals surface area contributed by atoms with Gasteiger partial charge in [0, 0.05) is 24.3 Å². The molecule has 0 heterocycles. The van der Waals surface area contributed by atoms with E-state index in [0.717, 1.165) is 31.2 Å². The van der Waals surface area contributed by atoms with E-state index in [1.54, 1.807) is 0 Å². The maximum Gasteiger partial charge on any atom is 0.338 e. The average Bonchev–Trinajstić information content (AvgIpc) is 3.33. The number of ketones is 1. The van der Waals surface area contributed by atoms with Gasteiger partial charge in [0.1, 0.15) is 17.3 Å². The van der Waals surface area contributed by atoms with Crippen molar-refractivity contribution in [2.45, 2.75) is 51.4 Å². The van der Waals surface area contributed by atoms with Gasteiger partial charge in [0.25, 0.3) is 0 Å². The molecule has 2 fully saturated rings. The third-order valence-electron chi connectivity index (χ3n) is 4.94. The van der Waals surface area contributed by atoms with Crippen molar-refractivity contribution in [1.82, 2.24) is 0 Å². The number of Topliss-reactive ketones (excluding diaryl/α,β-unsaturated/α-hetero) is 1. The summed E-state index contributed by atoms with van der Waals surface area (Å²) in [6.45, 7) is 2.50.